The number of methoxy groups -OCH3 is 1. The molecule has 3 nitrogen and oxygen atoms in total. The third-order valence-electron chi connectivity index (χ3n) is 2.51. The summed E-state index contributed by atoms with van der Waals surface area (Å²) in [5.74, 6) is 0.877. The molecule has 1 saturated heterocycles. The summed E-state index contributed by atoms with van der Waals surface area (Å²) in [6.45, 7) is 3.53. The maximum Gasteiger partial charge on any atom is 0.124 e. The van der Waals surface area contributed by atoms with E-state index in [1.54, 1.807) is 7.11 Å². The van der Waals surface area contributed by atoms with Crippen LogP contribution in [0.2, 0.25) is 0 Å². The van der Waals surface area contributed by atoms with Crippen LogP contribution in [0, 0.1) is 0 Å². The van der Waals surface area contributed by atoms with Crippen LogP contribution in [0.5, 0.6) is 5.75 Å². The van der Waals surface area contributed by atoms with Crippen molar-refractivity contribution in [3.05, 3.63) is 29.8 Å². The fourth-order valence-electron chi connectivity index (χ4n) is 1.51. The zero-order chi connectivity index (χ0) is 10.7. The second kappa shape index (κ2) is 4.64. The van der Waals surface area contributed by atoms with Gasteiger partial charge in [-0.2, -0.15) is 0 Å². The molecule has 0 radical (unpaired) electrons. The molecule has 0 amide bonds. The van der Waals surface area contributed by atoms with Crippen LogP contribution in [0.1, 0.15) is 18.6 Å². The van der Waals surface area contributed by atoms with Gasteiger partial charge < -0.3 is 14.2 Å². The number of rotatable bonds is 5. The largest absolute Gasteiger partial charge is 0.496 e. The van der Waals surface area contributed by atoms with Gasteiger partial charge in [-0.1, -0.05) is 18.2 Å². The summed E-state index contributed by atoms with van der Waals surface area (Å²) in [6, 6.07) is 7.92. The van der Waals surface area contributed by atoms with E-state index < -0.39 is 0 Å². The summed E-state index contributed by atoms with van der Waals surface area (Å²) < 4.78 is 16.1. The Morgan fingerprint density at radius 1 is 1.47 bits per heavy atom. The Balaban J connectivity index is 1.98. The van der Waals surface area contributed by atoms with Crippen molar-refractivity contribution in [2.24, 2.45) is 0 Å². The molecule has 1 aliphatic heterocycles. The molecular weight excluding hydrogens is 192 g/mol. The highest BCUT2D eigenvalue weighted by Gasteiger charge is 2.24. The predicted octanol–water partition coefficient (Wildman–Crippen LogP) is 2.17. The summed E-state index contributed by atoms with van der Waals surface area (Å²) in [5.41, 5.74) is 1.08. The fraction of sp³-hybridized carbons (Fsp3) is 0.500. The lowest BCUT2D eigenvalue weighted by molar-refractivity contribution is 0.0524. The van der Waals surface area contributed by atoms with Gasteiger partial charge in [0.1, 0.15) is 11.9 Å². The molecule has 0 bridgehead atoms. The number of para-hydroxylation sites is 1. The molecule has 2 rings (SSSR count). The molecule has 2 atom stereocenters. The summed E-state index contributed by atoms with van der Waals surface area (Å²) >= 11 is 0. The van der Waals surface area contributed by atoms with Gasteiger partial charge in [-0.3, -0.25) is 0 Å². The van der Waals surface area contributed by atoms with Crippen LogP contribution in [-0.4, -0.2) is 26.4 Å². The summed E-state index contributed by atoms with van der Waals surface area (Å²) in [6.07, 6.45) is 0.354. The summed E-state index contributed by atoms with van der Waals surface area (Å²) in [4.78, 5) is 0. The highest BCUT2D eigenvalue weighted by molar-refractivity contribution is 5.34. The molecule has 15 heavy (non-hydrogen) atoms. The molecule has 3 heteroatoms. The van der Waals surface area contributed by atoms with Crippen LogP contribution in [0.3, 0.4) is 0 Å². The molecule has 1 aromatic carbocycles. The van der Waals surface area contributed by atoms with Crippen molar-refractivity contribution in [1.82, 2.24) is 0 Å². The smallest absolute Gasteiger partial charge is 0.124 e. The third-order valence-corrected chi connectivity index (χ3v) is 2.51. The van der Waals surface area contributed by atoms with Crippen LogP contribution in [0.15, 0.2) is 24.3 Å². The molecule has 0 unspecified atom stereocenters. The first kappa shape index (κ1) is 10.5. The lowest BCUT2D eigenvalue weighted by Gasteiger charge is -2.15. The first-order valence-corrected chi connectivity index (χ1v) is 5.17. The van der Waals surface area contributed by atoms with Gasteiger partial charge in [0.25, 0.3) is 0 Å². The molecule has 0 saturated carbocycles. The van der Waals surface area contributed by atoms with Crippen LogP contribution in [0.25, 0.3) is 0 Å². The minimum absolute atomic E-state index is 0.0466. The van der Waals surface area contributed by atoms with Crippen LogP contribution >= 0.6 is 0 Å². The molecule has 0 N–H and O–H groups in total. The number of hydrogen-bond donors (Lipinski definition) is 0. The zero-order valence-electron chi connectivity index (χ0n) is 9.10. The summed E-state index contributed by atoms with van der Waals surface area (Å²) in [5, 5.41) is 0. The van der Waals surface area contributed by atoms with Gasteiger partial charge in [0, 0.05) is 5.56 Å². The Bertz CT molecular complexity index is 320. The van der Waals surface area contributed by atoms with Gasteiger partial charge in [-0.25, -0.2) is 0 Å². The number of benzene rings is 1. The van der Waals surface area contributed by atoms with Gasteiger partial charge >= 0.3 is 0 Å². The molecule has 0 aliphatic carbocycles. The Labute approximate surface area is 90.0 Å². The van der Waals surface area contributed by atoms with Crippen molar-refractivity contribution >= 4 is 0 Å². The monoisotopic (exact) mass is 208 g/mol. The Hall–Kier alpha value is -1.06. The van der Waals surface area contributed by atoms with Crippen molar-refractivity contribution in [3.8, 4) is 5.75 Å². The lowest BCUT2D eigenvalue weighted by atomic mass is 10.1. The minimum Gasteiger partial charge on any atom is -0.496 e. The van der Waals surface area contributed by atoms with E-state index >= 15 is 0 Å². The second-order valence-electron chi connectivity index (χ2n) is 3.67. The molecule has 0 spiro atoms. The van der Waals surface area contributed by atoms with E-state index in [9.17, 15) is 0 Å². The lowest BCUT2D eigenvalue weighted by Crippen LogP contribution is -2.07. The molecule has 82 valence electrons. The van der Waals surface area contributed by atoms with Crippen molar-refractivity contribution in [1.29, 1.82) is 0 Å². The van der Waals surface area contributed by atoms with Crippen molar-refractivity contribution < 1.29 is 14.2 Å². The minimum atomic E-state index is 0.0466. The Morgan fingerprint density at radius 3 is 2.87 bits per heavy atom. The Kier molecular flexibility index (Phi) is 3.23. The average Bonchev–Trinajstić information content (AvgIpc) is 3.09. The Morgan fingerprint density at radius 2 is 2.20 bits per heavy atom. The quantitative estimate of drug-likeness (QED) is 0.695. The molecule has 0 aromatic heterocycles. The fourth-order valence-corrected chi connectivity index (χ4v) is 1.51. The van der Waals surface area contributed by atoms with Gasteiger partial charge in [-0.15, -0.1) is 0 Å². The van der Waals surface area contributed by atoms with E-state index in [-0.39, 0.29) is 6.10 Å². The number of ether oxygens (including phenoxy) is 3. The van der Waals surface area contributed by atoms with E-state index in [0.717, 1.165) is 17.9 Å². The third kappa shape index (κ3) is 2.70. The second-order valence-corrected chi connectivity index (χ2v) is 3.67. The molecule has 1 heterocycles. The van der Waals surface area contributed by atoms with Crippen molar-refractivity contribution in [2.75, 3.05) is 20.3 Å². The van der Waals surface area contributed by atoms with Crippen molar-refractivity contribution in [3.63, 3.8) is 0 Å². The van der Waals surface area contributed by atoms with E-state index in [4.69, 9.17) is 14.2 Å². The first-order chi connectivity index (χ1) is 7.31. The maximum atomic E-state index is 5.69. The van der Waals surface area contributed by atoms with E-state index in [2.05, 4.69) is 0 Å². The first-order valence-electron chi connectivity index (χ1n) is 5.17. The van der Waals surface area contributed by atoms with Crippen LogP contribution in [0.4, 0.5) is 0 Å². The molecule has 1 aromatic rings. The average molecular weight is 208 g/mol. The van der Waals surface area contributed by atoms with Crippen molar-refractivity contribution in [2.45, 2.75) is 19.1 Å². The molecule has 1 aliphatic rings. The van der Waals surface area contributed by atoms with Crippen LogP contribution in [-0.2, 0) is 9.47 Å². The summed E-state index contributed by atoms with van der Waals surface area (Å²) in [7, 11) is 1.68. The highest BCUT2D eigenvalue weighted by Crippen LogP contribution is 2.27. The number of epoxide rings is 1. The standard InChI is InChI=1S/C12H16O3/c1-9(14-7-10-8-15-10)11-5-3-4-6-12(11)13-2/h3-6,9-10H,7-8H2,1-2H3/t9-,10-/m1/s1. The predicted molar refractivity (Wildman–Crippen MR) is 57.1 cm³/mol. The van der Waals surface area contributed by atoms with Gasteiger partial charge in [0.15, 0.2) is 0 Å². The topological polar surface area (TPSA) is 31.0 Å². The van der Waals surface area contributed by atoms with E-state index in [1.807, 2.05) is 31.2 Å². The van der Waals surface area contributed by atoms with E-state index in [1.165, 1.54) is 0 Å². The molecular formula is C12H16O3. The van der Waals surface area contributed by atoms with Gasteiger partial charge in [-0.05, 0) is 13.0 Å². The number of hydrogen-bond acceptors (Lipinski definition) is 3. The molecule has 1 fully saturated rings. The zero-order valence-corrected chi connectivity index (χ0v) is 9.10. The van der Waals surface area contributed by atoms with Gasteiger partial charge in [0.05, 0.1) is 26.4 Å². The normalized spacial score (nSPS) is 21.1. The highest BCUT2D eigenvalue weighted by atomic mass is 16.6. The SMILES string of the molecule is COc1ccccc1[C@@H](C)OC[C@@H]1CO1. The van der Waals surface area contributed by atoms with E-state index in [0.29, 0.717) is 12.7 Å². The van der Waals surface area contributed by atoms with Crippen LogP contribution < -0.4 is 4.74 Å². The van der Waals surface area contributed by atoms with Gasteiger partial charge in [0.2, 0.25) is 0 Å². The maximum absolute atomic E-state index is 5.69.